The first-order chi connectivity index (χ1) is 12.0. The van der Waals surface area contributed by atoms with Crippen molar-refractivity contribution >= 4 is 23.4 Å². The lowest BCUT2D eigenvalue weighted by molar-refractivity contribution is -0.131. The van der Waals surface area contributed by atoms with Gasteiger partial charge in [-0.05, 0) is 35.7 Å². The molecule has 0 bridgehead atoms. The summed E-state index contributed by atoms with van der Waals surface area (Å²) in [4.78, 5) is 30.5. The fourth-order valence-corrected chi connectivity index (χ4v) is 3.15. The summed E-state index contributed by atoms with van der Waals surface area (Å²) in [6.07, 6.45) is 2.41. The van der Waals surface area contributed by atoms with Crippen molar-refractivity contribution < 1.29 is 9.59 Å². The number of hydrogen-bond acceptors (Lipinski definition) is 3. The van der Waals surface area contributed by atoms with Crippen molar-refractivity contribution in [3.63, 3.8) is 0 Å². The number of nitrogens with zero attached hydrogens (tertiary/aromatic N) is 2. The quantitative estimate of drug-likeness (QED) is 0.914. The lowest BCUT2D eigenvalue weighted by Crippen LogP contribution is -2.43. The van der Waals surface area contributed by atoms with Gasteiger partial charge in [0.25, 0.3) is 0 Å². The maximum atomic E-state index is 12.7. The number of rotatable bonds is 4. The molecule has 0 aliphatic carbocycles. The zero-order chi connectivity index (χ0) is 17.8. The number of benzene rings is 1. The number of aromatic nitrogens is 1. The molecule has 0 radical (unpaired) electrons. The topological polar surface area (TPSA) is 62.3 Å². The molecule has 6 heteroatoms. The van der Waals surface area contributed by atoms with Gasteiger partial charge in [-0.15, -0.1) is 0 Å². The third-order valence-corrected chi connectivity index (χ3v) is 4.66. The average molecular weight is 358 g/mol. The number of carbonyl (C=O) groups is 2. The first kappa shape index (κ1) is 17.4. The minimum atomic E-state index is -0.431. The smallest absolute Gasteiger partial charge is 0.230 e. The highest BCUT2D eigenvalue weighted by molar-refractivity contribution is 6.30. The molecule has 0 fully saturated rings. The van der Waals surface area contributed by atoms with Gasteiger partial charge in [-0.2, -0.15) is 0 Å². The average Bonchev–Trinajstić information content (AvgIpc) is 2.62. The minimum Gasteiger partial charge on any atom is -0.355 e. The highest BCUT2D eigenvalue weighted by Crippen LogP contribution is 2.26. The maximum Gasteiger partial charge on any atom is 0.230 e. The predicted molar refractivity (Wildman–Crippen MR) is 96.2 cm³/mol. The van der Waals surface area contributed by atoms with Crippen LogP contribution in [0.25, 0.3) is 0 Å². The Morgan fingerprint density at radius 2 is 2.04 bits per heavy atom. The molecule has 0 spiro atoms. The second kappa shape index (κ2) is 7.66. The summed E-state index contributed by atoms with van der Waals surface area (Å²) in [6, 6.07) is 11.3. The molecule has 130 valence electrons. The third-order valence-electron chi connectivity index (χ3n) is 4.41. The van der Waals surface area contributed by atoms with E-state index in [1.165, 1.54) is 6.92 Å². The van der Waals surface area contributed by atoms with Crippen LogP contribution in [0, 0.1) is 0 Å². The zero-order valence-corrected chi connectivity index (χ0v) is 14.8. The Morgan fingerprint density at radius 3 is 2.76 bits per heavy atom. The second-order valence-corrected chi connectivity index (χ2v) is 6.60. The van der Waals surface area contributed by atoms with E-state index in [-0.39, 0.29) is 11.8 Å². The van der Waals surface area contributed by atoms with Crippen LogP contribution in [0.3, 0.4) is 0 Å². The molecular weight excluding hydrogens is 338 g/mol. The number of nitrogens with one attached hydrogen (secondary N) is 1. The van der Waals surface area contributed by atoms with E-state index >= 15 is 0 Å². The molecule has 2 aromatic rings. The zero-order valence-electron chi connectivity index (χ0n) is 14.0. The van der Waals surface area contributed by atoms with Crippen molar-refractivity contribution in [1.82, 2.24) is 15.2 Å². The van der Waals surface area contributed by atoms with Gasteiger partial charge < -0.3 is 10.2 Å². The molecule has 0 saturated carbocycles. The second-order valence-electron chi connectivity index (χ2n) is 6.17. The molecule has 25 heavy (non-hydrogen) atoms. The standard InChI is InChI=1S/C19H20ClN3O2/c1-13(24)23-11-15-3-2-9-21-18(15)17(12-23)19(25)22-10-8-14-4-6-16(20)7-5-14/h2-7,9,17H,8,10-12H2,1H3,(H,22,25). The van der Waals surface area contributed by atoms with E-state index in [0.29, 0.717) is 24.7 Å². The molecule has 1 aromatic heterocycles. The molecule has 1 unspecified atom stereocenters. The summed E-state index contributed by atoms with van der Waals surface area (Å²) < 4.78 is 0. The van der Waals surface area contributed by atoms with Crippen LogP contribution in [0.15, 0.2) is 42.6 Å². The van der Waals surface area contributed by atoms with E-state index in [1.807, 2.05) is 36.4 Å². The molecule has 1 N–H and O–H groups in total. The summed E-state index contributed by atoms with van der Waals surface area (Å²) in [5, 5.41) is 3.66. The van der Waals surface area contributed by atoms with Crippen molar-refractivity contribution in [3.8, 4) is 0 Å². The van der Waals surface area contributed by atoms with Crippen LogP contribution >= 0.6 is 11.6 Å². The number of fused-ring (bicyclic) bond motifs is 1. The van der Waals surface area contributed by atoms with Crippen molar-refractivity contribution in [2.45, 2.75) is 25.8 Å². The van der Waals surface area contributed by atoms with Gasteiger partial charge in [-0.25, -0.2) is 0 Å². The fraction of sp³-hybridized carbons (Fsp3) is 0.316. The molecule has 5 nitrogen and oxygen atoms in total. The van der Waals surface area contributed by atoms with Crippen molar-refractivity contribution in [2.75, 3.05) is 13.1 Å². The first-order valence-corrected chi connectivity index (χ1v) is 8.64. The van der Waals surface area contributed by atoms with Crippen LogP contribution in [0.2, 0.25) is 5.02 Å². The maximum absolute atomic E-state index is 12.7. The number of amides is 2. The van der Waals surface area contributed by atoms with E-state index in [0.717, 1.165) is 23.2 Å². The lowest BCUT2D eigenvalue weighted by atomic mass is 9.93. The van der Waals surface area contributed by atoms with Crippen LogP contribution in [0.5, 0.6) is 0 Å². The highest BCUT2D eigenvalue weighted by atomic mass is 35.5. The largest absolute Gasteiger partial charge is 0.355 e. The lowest BCUT2D eigenvalue weighted by Gasteiger charge is -2.32. The van der Waals surface area contributed by atoms with Gasteiger partial charge in [-0.1, -0.05) is 29.8 Å². The molecule has 1 aliphatic heterocycles. The van der Waals surface area contributed by atoms with E-state index in [1.54, 1.807) is 11.1 Å². The summed E-state index contributed by atoms with van der Waals surface area (Å²) in [6.45, 7) is 2.93. The van der Waals surface area contributed by atoms with Crippen LogP contribution in [0.1, 0.15) is 29.7 Å². The van der Waals surface area contributed by atoms with Crippen LogP contribution in [-0.4, -0.2) is 34.8 Å². The van der Waals surface area contributed by atoms with Gasteiger partial charge >= 0.3 is 0 Å². The van der Waals surface area contributed by atoms with Gasteiger partial charge in [0.1, 0.15) is 0 Å². The van der Waals surface area contributed by atoms with Gasteiger partial charge in [0.15, 0.2) is 0 Å². The van der Waals surface area contributed by atoms with Crippen LogP contribution in [-0.2, 0) is 22.6 Å². The van der Waals surface area contributed by atoms with Gasteiger partial charge in [0.05, 0.1) is 11.6 Å². The minimum absolute atomic E-state index is 0.0338. The molecule has 1 aliphatic rings. The number of hydrogen-bond donors (Lipinski definition) is 1. The van der Waals surface area contributed by atoms with Crippen molar-refractivity contribution in [1.29, 1.82) is 0 Å². The van der Waals surface area contributed by atoms with E-state index < -0.39 is 5.92 Å². The fourth-order valence-electron chi connectivity index (χ4n) is 3.03. The highest BCUT2D eigenvalue weighted by Gasteiger charge is 2.32. The summed E-state index contributed by atoms with van der Waals surface area (Å²) in [7, 11) is 0. The monoisotopic (exact) mass is 357 g/mol. The van der Waals surface area contributed by atoms with Crippen LogP contribution < -0.4 is 5.32 Å². The molecule has 0 saturated heterocycles. The van der Waals surface area contributed by atoms with Gasteiger partial charge in [-0.3, -0.25) is 14.6 Å². The third kappa shape index (κ3) is 4.17. The van der Waals surface area contributed by atoms with E-state index in [2.05, 4.69) is 10.3 Å². The Hall–Kier alpha value is -2.40. The van der Waals surface area contributed by atoms with E-state index in [9.17, 15) is 9.59 Å². The molecule has 1 aromatic carbocycles. The Morgan fingerprint density at radius 1 is 1.28 bits per heavy atom. The summed E-state index contributed by atoms with van der Waals surface area (Å²) in [5.74, 6) is -0.563. The molecule has 2 amide bonds. The number of halogens is 1. The molecule has 3 rings (SSSR count). The number of pyridine rings is 1. The molecule has 2 heterocycles. The molecule has 1 atom stereocenters. The van der Waals surface area contributed by atoms with E-state index in [4.69, 9.17) is 11.6 Å². The Balaban J connectivity index is 1.66. The van der Waals surface area contributed by atoms with Gasteiger partial charge in [0, 0.05) is 37.8 Å². The SMILES string of the molecule is CC(=O)N1Cc2cccnc2C(C(=O)NCCc2ccc(Cl)cc2)C1. The summed E-state index contributed by atoms with van der Waals surface area (Å²) in [5.41, 5.74) is 2.81. The Bertz CT molecular complexity index is 776. The van der Waals surface area contributed by atoms with Crippen molar-refractivity contribution in [2.24, 2.45) is 0 Å². The predicted octanol–water partition coefficient (Wildman–Crippen LogP) is 2.54. The van der Waals surface area contributed by atoms with Gasteiger partial charge in [0.2, 0.25) is 11.8 Å². The summed E-state index contributed by atoms with van der Waals surface area (Å²) >= 11 is 5.88. The molecular formula is C19H20ClN3O2. The normalized spacial score (nSPS) is 16.2. The van der Waals surface area contributed by atoms with Crippen molar-refractivity contribution in [3.05, 3.63) is 64.4 Å². The van der Waals surface area contributed by atoms with Crippen LogP contribution in [0.4, 0.5) is 0 Å². The Labute approximate surface area is 152 Å². The first-order valence-electron chi connectivity index (χ1n) is 8.26. The number of carbonyl (C=O) groups excluding carboxylic acids is 2. The Kier molecular flexibility index (Phi) is 5.34.